The van der Waals surface area contributed by atoms with E-state index < -0.39 is 5.97 Å². The van der Waals surface area contributed by atoms with Crippen molar-refractivity contribution in [3.63, 3.8) is 0 Å². The fourth-order valence-corrected chi connectivity index (χ4v) is 3.96. The SMILES string of the molecule is O=C(O)CCC=CC[C@@H]1CCN(Cc2ccccc2)[C@H]1c1cccc(O)c1. The van der Waals surface area contributed by atoms with Gasteiger partial charge < -0.3 is 10.2 Å². The standard InChI is InChI=1S/C23H27NO3/c25-21-12-7-11-20(16-21)23-19(10-5-2-6-13-22(26)27)14-15-24(23)17-18-8-3-1-4-9-18/h1-5,7-9,11-12,16,19,23,25H,6,10,13-15,17H2,(H,26,27)/t19-,23-/m1/s1. The minimum atomic E-state index is -0.757. The van der Waals surface area contributed by atoms with Crippen molar-refractivity contribution in [2.75, 3.05) is 6.54 Å². The fraction of sp³-hybridized carbons (Fsp3) is 0.348. The van der Waals surface area contributed by atoms with Crippen molar-refractivity contribution in [2.45, 2.75) is 38.3 Å². The summed E-state index contributed by atoms with van der Waals surface area (Å²) in [6.07, 6.45) is 6.87. The van der Waals surface area contributed by atoms with Crippen LogP contribution in [0.2, 0.25) is 0 Å². The van der Waals surface area contributed by atoms with Crippen LogP contribution in [0.25, 0.3) is 0 Å². The van der Waals surface area contributed by atoms with E-state index in [1.807, 2.05) is 24.3 Å². The van der Waals surface area contributed by atoms with Crippen LogP contribution in [0.3, 0.4) is 0 Å². The summed E-state index contributed by atoms with van der Waals surface area (Å²) in [5, 5.41) is 18.7. The average molecular weight is 365 g/mol. The number of aliphatic carboxylic acids is 1. The Morgan fingerprint density at radius 1 is 1.11 bits per heavy atom. The first-order valence-corrected chi connectivity index (χ1v) is 9.57. The second-order valence-electron chi connectivity index (χ2n) is 7.18. The number of nitrogens with zero attached hydrogens (tertiary/aromatic N) is 1. The topological polar surface area (TPSA) is 60.8 Å². The molecule has 0 aromatic heterocycles. The number of likely N-dealkylation sites (tertiary alicyclic amines) is 1. The summed E-state index contributed by atoms with van der Waals surface area (Å²) in [6, 6.07) is 18.3. The molecule has 4 nitrogen and oxygen atoms in total. The van der Waals surface area contributed by atoms with Crippen LogP contribution >= 0.6 is 0 Å². The Labute approximate surface area is 160 Å². The maximum absolute atomic E-state index is 10.6. The van der Waals surface area contributed by atoms with Crippen LogP contribution in [-0.4, -0.2) is 27.6 Å². The number of allylic oxidation sites excluding steroid dienone is 2. The molecule has 27 heavy (non-hydrogen) atoms. The molecule has 0 radical (unpaired) electrons. The zero-order chi connectivity index (χ0) is 19.1. The van der Waals surface area contributed by atoms with Crippen molar-refractivity contribution in [1.82, 2.24) is 4.90 Å². The van der Waals surface area contributed by atoms with Gasteiger partial charge in [-0.05, 0) is 55.0 Å². The van der Waals surface area contributed by atoms with Crippen LogP contribution in [0.5, 0.6) is 5.75 Å². The molecule has 3 rings (SSSR count). The Morgan fingerprint density at radius 3 is 2.67 bits per heavy atom. The van der Waals surface area contributed by atoms with Crippen LogP contribution in [0, 0.1) is 5.92 Å². The second-order valence-corrected chi connectivity index (χ2v) is 7.18. The van der Waals surface area contributed by atoms with Gasteiger partial charge in [-0.2, -0.15) is 0 Å². The Hall–Kier alpha value is -2.59. The molecule has 2 N–H and O–H groups in total. The molecule has 0 amide bonds. The minimum absolute atomic E-state index is 0.178. The highest BCUT2D eigenvalue weighted by atomic mass is 16.4. The molecule has 1 aliphatic heterocycles. The minimum Gasteiger partial charge on any atom is -0.508 e. The summed E-state index contributed by atoms with van der Waals surface area (Å²) in [5.74, 6) is -0.00130. The molecule has 0 aliphatic carbocycles. The van der Waals surface area contributed by atoms with E-state index in [2.05, 4.69) is 41.3 Å². The molecular weight excluding hydrogens is 338 g/mol. The average Bonchev–Trinajstić information content (AvgIpc) is 3.04. The molecule has 2 aromatic carbocycles. The van der Waals surface area contributed by atoms with Gasteiger partial charge in [0, 0.05) is 19.0 Å². The number of carbonyl (C=O) groups is 1. The molecule has 142 valence electrons. The third-order valence-electron chi connectivity index (χ3n) is 5.20. The predicted octanol–water partition coefficient (Wildman–Crippen LogP) is 4.77. The lowest BCUT2D eigenvalue weighted by atomic mass is 9.90. The van der Waals surface area contributed by atoms with E-state index in [1.165, 1.54) is 5.56 Å². The Balaban J connectivity index is 1.73. The molecule has 1 aliphatic rings. The van der Waals surface area contributed by atoms with Crippen molar-refractivity contribution < 1.29 is 15.0 Å². The molecule has 0 bridgehead atoms. The first-order valence-electron chi connectivity index (χ1n) is 9.57. The third-order valence-corrected chi connectivity index (χ3v) is 5.20. The highest BCUT2D eigenvalue weighted by Crippen LogP contribution is 2.41. The third kappa shape index (κ3) is 5.44. The lowest BCUT2D eigenvalue weighted by molar-refractivity contribution is -0.136. The number of hydrogen-bond acceptors (Lipinski definition) is 3. The summed E-state index contributed by atoms with van der Waals surface area (Å²) >= 11 is 0. The molecule has 2 aromatic rings. The van der Waals surface area contributed by atoms with Crippen molar-refractivity contribution in [3.8, 4) is 5.75 Å². The number of phenols is 1. The van der Waals surface area contributed by atoms with Gasteiger partial charge in [0.15, 0.2) is 0 Å². The Morgan fingerprint density at radius 2 is 1.93 bits per heavy atom. The van der Waals surface area contributed by atoms with Gasteiger partial charge in [-0.15, -0.1) is 0 Å². The van der Waals surface area contributed by atoms with Crippen LogP contribution in [0.1, 0.15) is 42.9 Å². The lowest BCUT2D eigenvalue weighted by Crippen LogP contribution is -2.25. The van der Waals surface area contributed by atoms with E-state index in [1.54, 1.807) is 6.07 Å². The molecule has 0 unspecified atom stereocenters. The number of aromatic hydroxyl groups is 1. The number of benzene rings is 2. The molecule has 0 saturated carbocycles. The van der Waals surface area contributed by atoms with Crippen LogP contribution in [-0.2, 0) is 11.3 Å². The van der Waals surface area contributed by atoms with E-state index in [4.69, 9.17) is 5.11 Å². The molecule has 1 heterocycles. The van der Waals surface area contributed by atoms with E-state index in [0.29, 0.717) is 18.1 Å². The summed E-state index contributed by atoms with van der Waals surface area (Å²) in [5.41, 5.74) is 2.44. The highest BCUT2D eigenvalue weighted by molar-refractivity contribution is 5.66. The second kappa shape index (κ2) is 9.38. The first kappa shape index (κ1) is 19.2. The van der Waals surface area contributed by atoms with Crippen molar-refractivity contribution in [1.29, 1.82) is 0 Å². The molecule has 0 spiro atoms. The van der Waals surface area contributed by atoms with Gasteiger partial charge >= 0.3 is 5.97 Å². The summed E-state index contributed by atoms with van der Waals surface area (Å²) in [6.45, 7) is 1.91. The van der Waals surface area contributed by atoms with Crippen LogP contribution < -0.4 is 0 Å². The summed E-state index contributed by atoms with van der Waals surface area (Å²) in [4.78, 5) is 13.1. The van der Waals surface area contributed by atoms with Crippen molar-refractivity contribution >= 4 is 5.97 Å². The van der Waals surface area contributed by atoms with Gasteiger partial charge in [-0.3, -0.25) is 9.69 Å². The van der Waals surface area contributed by atoms with Gasteiger partial charge in [-0.1, -0.05) is 54.6 Å². The van der Waals surface area contributed by atoms with E-state index in [9.17, 15) is 9.90 Å². The van der Waals surface area contributed by atoms with Gasteiger partial charge in [0.2, 0.25) is 0 Å². The number of rotatable bonds is 8. The quantitative estimate of drug-likeness (QED) is 0.662. The van der Waals surface area contributed by atoms with Gasteiger partial charge in [0.05, 0.1) is 0 Å². The first-order chi connectivity index (χ1) is 13.1. The Kier molecular flexibility index (Phi) is 6.66. The number of phenolic OH excluding ortho intramolecular Hbond substituents is 1. The summed E-state index contributed by atoms with van der Waals surface area (Å²) < 4.78 is 0. The number of carboxylic acid groups (broad SMARTS) is 1. The van der Waals surface area contributed by atoms with Gasteiger partial charge in [0.25, 0.3) is 0 Å². The van der Waals surface area contributed by atoms with E-state index in [-0.39, 0.29) is 12.5 Å². The zero-order valence-corrected chi connectivity index (χ0v) is 15.5. The van der Waals surface area contributed by atoms with Crippen LogP contribution in [0.15, 0.2) is 66.7 Å². The number of carboxylic acids is 1. The van der Waals surface area contributed by atoms with Gasteiger partial charge in [0.1, 0.15) is 5.75 Å². The van der Waals surface area contributed by atoms with Gasteiger partial charge in [-0.25, -0.2) is 0 Å². The molecule has 4 heteroatoms. The highest BCUT2D eigenvalue weighted by Gasteiger charge is 2.34. The molecule has 1 saturated heterocycles. The molecular formula is C23H27NO3. The largest absolute Gasteiger partial charge is 0.508 e. The van der Waals surface area contributed by atoms with Crippen molar-refractivity contribution in [3.05, 3.63) is 77.9 Å². The lowest BCUT2D eigenvalue weighted by Gasteiger charge is -2.28. The zero-order valence-electron chi connectivity index (χ0n) is 15.5. The molecule has 2 atom stereocenters. The predicted molar refractivity (Wildman–Crippen MR) is 106 cm³/mol. The normalized spacial score (nSPS) is 20.3. The van der Waals surface area contributed by atoms with Crippen LogP contribution in [0.4, 0.5) is 0 Å². The smallest absolute Gasteiger partial charge is 0.303 e. The maximum Gasteiger partial charge on any atom is 0.303 e. The van der Waals surface area contributed by atoms with E-state index >= 15 is 0 Å². The van der Waals surface area contributed by atoms with Crippen molar-refractivity contribution in [2.24, 2.45) is 5.92 Å². The maximum atomic E-state index is 10.6. The summed E-state index contributed by atoms with van der Waals surface area (Å²) in [7, 11) is 0. The number of hydrogen-bond donors (Lipinski definition) is 2. The molecule has 1 fully saturated rings. The monoisotopic (exact) mass is 365 g/mol. The Bertz CT molecular complexity index is 772. The fourth-order valence-electron chi connectivity index (χ4n) is 3.96. The van der Waals surface area contributed by atoms with E-state index in [0.717, 1.165) is 31.5 Å².